The van der Waals surface area contributed by atoms with E-state index in [1.165, 1.54) is 0 Å². The first kappa shape index (κ1) is 24.6. The van der Waals surface area contributed by atoms with Gasteiger partial charge in [0.1, 0.15) is 0 Å². The van der Waals surface area contributed by atoms with Gasteiger partial charge in [-0.3, -0.25) is 4.79 Å². The van der Waals surface area contributed by atoms with Crippen molar-refractivity contribution in [3.8, 4) is 11.3 Å². The fourth-order valence-electron chi connectivity index (χ4n) is 4.14. The van der Waals surface area contributed by atoms with Gasteiger partial charge in [0.15, 0.2) is 0 Å². The molecule has 1 saturated heterocycles. The summed E-state index contributed by atoms with van der Waals surface area (Å²) in [4.78, 5) is 23.8. The van der Waals surface area contributed by atoms with Crippen LogP contribution < -0.4 is 10.6 Å². The van der Waals surface area contributed by atoms with Crippen molar-refractivity contribution in [3.63, 3.8) is 0 Å². The number of aromatic nitrogens is 2. The fraction of sp³-hybridized carbons (Fsp3) is 0.370. The molecule has 2 N–H and O–H groups in total. The SMILES string of the molecule is C=C1C=C(/C(=C\C)N2CCOCC2)COCCCCNC(=O)c2ccc(cc2)-c2ccnc(n2)N1. The minimum absolute atomic E-state index is 0.0785. The lowest BCUT2D eigenvalue weighted by atomic mass is 10.1. The minimum atomic E-state index is -0.0785. The molecule has 1 aromatic heterocycles. The van der Waals surface area contributed by atoms with Crippen LogP contribution in [0.2, 0.25) is 0 Å². The van der Waals surface area contributed by atoms with Crippen LogP contribution in [-0.4, -0.2) is 66.8 Å². The lowest BCUT2D eigenvalue weighted by molar-refractivity contribution is 0.0531. The van der Waals surface area contributed by atoms with E-state index in [1.54, 1.807) is 6.20 Å². The number of rotatable bonds is 2. The van der Waals surface area contributed by atoms with Crippen LogP contribution in [0, 0.1) is 0 Å². The second kappa shape index (κ2) is 12.3. The molecular weight excluding hydrogens is 442 g/mol. The molecule has 4 bridgehead atoms. The van der Waals surface area contributed by atoms with E-state index >= 15 is 0 Å². The van der Waals surface area contributed by atoms with Crippen LogP contribution in [0.5, 0.6) is 0 Å². The van der Waals surface area contributed by atoms with Crippen LogP contribution in [0.15, 0.2) is 72.2 Å². The van der Waals surface area contributed by atoms with Gasteiger partial charge in [0.25, 0.3) is 5.91 Å². The van der Waals surface area contributed by atoms with E-state index in [2.05, 4.69) is 38.2 Å². The fourth-order valence-corrected chi connectivity index (χ4v) is 4.14. The maximum atomic E-state index is 12.5. The standard InChI is InChI=1S/C27H33N5O3/c1-3-25(32-13-16-34-17-14-32)23-18-20(2)30-27-29-12-10-24(31-27)21-6-8-22(9-7-21)26(33)28-11-4-5-15-35-19-23/h3,6-10,12,18H,2,4-5,11,13-17,19H2,1H3,(H,28,33)(H,29,30,31)/b23-18?,25-3+. The Morgan fingerprint density at radius 2 is 1.83 bits per heavy atom. The molecule has 0 spiro atoms. The number of carbonyl (C=O) groups excluding carboxylic acids is 1. The summed E-state index contributed by atoms with van der Waals surface area (Å²) >= 11 is 0. The number of fused-ring (bicyclic) bond motifs is 12. The highest BCUT2D eigenvalue weighted by atomic mass is 16.5. The molecule has 2 aromatic rings. The maximum Gasteiger partial charge on any atom is 0.251 e. The summed E-state index contributed by atoms with van der Waals surface area (Å²) < 4.78 is 11.6. The first-order chi connectivity index (χ1) is 17.1. The summed E-state index contributed by atoms with van der Waals surface area (Å²) in [5.74, 6) is 0.377. The molecule has 0 unspecified atom stereocenters. The average Bonchev–Trinajstić information content (AvgIpc) is 2.88. The Morgan fingerprint density at radius 3 is 2.60 bits per heavy atom. The number of allylic oxidation sites excluding steroid dienone is 2. The summed E-state index contributed by atoms with van der Waals surface area (Å²) in [5.41, 5.74) is 5.11. The Kier molecular flexibility index (Phi) is 8.64. The Bertz CT molecular complexity index is 1090. The Balaban J connectivity index is 1.60. The lowest BCUT2D eigenvalue weighted by Gasteiger charge is -2.32. The van der Waals surface area contributed by atoms with Crippen molar-refractivity contribution in [3.05, 3.63) is 77.8 Å². The zero-order valence-corrected chi connectivity index (χ0v) is 20.3. The number of ether oxygens (including phenoxy) is 2. The molecule has 35 heavy (non-hydrogen) atoms. The van der Waals surface area contributed by atoms with Gasteiger partial charge in [-0.15, -0.1) is 0 Å². The molecule has 0 aliphatic carbocycles. The zero-order valence-electron chi connectivity index (χ0n) is 20.3. The second-order valence-electron chi connectivity index (χ2n) is 8.45. The number of amides is 1. The quantitative estimate of drug-likeness (QED) is 0.684. The summed E-state index contributed by atoms with van der Waals surface area (Å²) in [6.07, 6.45) is 7.52. The molecule has 4 heterocycles. The molecule has 0 saturated carbocycles. The number of hydrogen-bond acceptors (Lipinski definition) is 7. The van der Waals surface area contributed by atoms with E-state index < -0.39 is 0 Å². The molecule has 8 heteroatoms. The highest BCUT2D eigenvalue weighted by Crippen LogP contribution is 2.22. The molecule has 1 aromatic carbocycles. The van der Waals surface area contributed by atoms with Crippen LogP contribution in [0.25, 0.3) is 11.3 Å². The highest BCUT2D eigenvalue weighted by molar-refractivity contribution is 5.94. The van der Waals surface area contributed by atoms with Gasteiger partial charge in [-0.2, -0.15) is 0 Å². The van der Waals surface area contributed by atoms with Gasteiger partial charge in [0.2, 0.25) is 5.95 Å². The number of benzene rings is 1. The molecule has 3 aliphatic heterocycles. The van der Waals surface area contributed by atoms with Crippen molar-refractivity contribution in [1.29, 1.82) is 0 Å². The normalized spacial score (nSPS) is 18.6. The van der Waals surface area contributed by atoms with Gasteiger partial charge < -0.3 is 25.0 Å². The van der Waals surface area contributed by atoms with Crippen molar-refractivity contribution in [2.45, 2.75) is 19.8 Å². The maximum absolute atomic E-state index is 12.5. The van der Waals surface area contributed by atoms with E-state index in [1.807, 2.05) is 43.3 Å². The third-order valence-electron chi connectivity index (χ3n) is 5.93. The van der Waals surface area contributed by atoms with Crippen molar-refractivity contribution in [2.75, 3.05) is 51.4 Å². The average molecular weight is 476 g/mol. The number of nitrogens with one attached hydrogen (secondary N) is 2. The summed E-state index contributed by atoms with van der Waals surface area (Å²) in [6, 6.07) is 9.27. The number of morpholine rings is 1. The first-order valence-corrected chi connectivity index (χ1v) is 12.1. The Morgan fingerprint density at radius 1 is 1.06 bits per heavy atom. The highest BCUT2D eigenvalue weighted by Gasteiger charge is 2.17. The van der Waals surface area contributed by atoms with Gasteiger partial charge in [0, 0.05) is 60.5 Å². The van der Waals surface area contributed by atoms with Crippen LogP contribution in [0.4, 0.5) is 5.95 Å². The van der Waals surface area contributed by atoms with Gasteiger partial charge in [-0.1, -0.05) is 24.8 Å². The number of hydrogen-bond donors (Lipinski definition) is 2. The molecule has 184 valence electrons. The predicted octanol–water partition coefficient (Wildman–Crippen LogP) is 3.77. The smallest absolute Gasteiger partial charge is 0.251 e. The number of nitrogens with zero attached hydrogens (tertiary/aromatic N) is 3. The van der Waals surface area contributed by atoms with Crippen LogP contribution in [0.1, 0.15) is 30.1 Å². The van der Waals surface area contributed by atoms with E-state index in [4.69, 9.17) is 9.47 Å². The van der Waals surface area contributed by atoms with Gasteiger partial charge in [0.05, 0.1) is 25.5 Å². The minimum Gasteiger partial charge on any atom is -0.378 e. The monoisotopic (exact) mass is 475 g/mol. The predicted molar refractivity (Wildman–Crippen MR) is 137 cm³/mol. The number of anilines is 1. The lowest BCUT2D eigenvalue weighted by Crippen LogP contribution is -2.36. The van der Waals surface area contributed by atoms with E-state index in [0.717, 1.165) is 48.5 Å². The van der Waals surface area contributed by atoms with Gasteiger partial charge >= 0.3 is 0 Å². The van der Waals surface area contributed by atoms with Gasteiger partial charge in [-0.05, 0) is 44.0 Å². The summed E-state index contributed by atoms with van der Waals surface area (Å²) in [7, 11) is 0. The van der Waals surface area contributed by atoms with Crippen molar-refractivity contribution >= 4 is 11.9 Å². The van der Waals surface area contributed by atoms with Crippen LogP contribution in [0.3, 0.4) is 0 Å². The van der Waals surface area contributed by atoms with Crippen LogP contribution >= 0.6 is 0 Å². The van der Waals surface area contributed by atoms with E-state index in [-0.39, 0.29) is 5.91 Å². The molecule has 5 rings (SSSR count). The molecule has 0 radical (unpaired) electrons. The molecule has 1 amide bonds. The van der Waals surface area contributed by atoms with Crippen LogP contribution in [-0.2, 0) is 9.47 Å². The molecule has 8 nitrogen and oxygen atoms in total. The van der Waals surface area contributed by atoms with Crippen molar-refractivity contribution in [1.82, 2.24) is 20.2 Å². The van der Waals surface area contributed by atoms with Crippen molar-refractivity contribution < 1.29 is 14.3 Å². The third kappa shape index (κ3) is 6.77. The number of carbonyl (C=O) groups is 1. The van der Waals surface area contributed by atoms with Crippen molar-refractivity contribution in [2.24, 2.45) is 0 Å². The van der Waals surface area contributed by atoms with E-state index in [0.29, 0.717) is 50.2 Å². The third-order valence-corrected chi connectivity index (χ3v) is 5.93. The second-order valence-corrected chi connectivity index (χ2v) is 8.45. The topological polar surface area (TPSA) is 88.6 Å². The summed E-state index contributed by atoms with van der Waals surface area (Å²) in [6.45, 7) is 11.0. The molecule has 1 fully saturated rings. The Hall–Kier alpha value is -3.49. The molecule has 3 aliphatic rings. The Labute approximate surface area is 206 Å². The largest absolute Gasteiger partial charge is 0.378 e. The van der Waals surface area contributed by atoms with Gasteiger partial charge in [-0.25, -0.2) is 9.97 Å². The summed E-state index contributed by atoms with van der Waals surface area (Å²) in [5, 5.41) is 6.21. The molecular formula is C27H33N5O3. The zero-order chi connectivity index (χ0) is 24.5. The molecule has 0 atom stereocenters. The van der Waals surface area contributed by atoms with E-state index in [9.17, 15) is 4.79 Å². The first-order valence-electron chi connectivity index (χ1n) is 12.1.